The van der Waals surface area contributed by atoms with Crippen molar-refractivity contribution >= 4 is 17.6 Å². The van der Waals surface area contributed by atoms with Gasteiger partial charge in [-0.3, -0.25) is 4.79 Å². The van der Waals surface area contributed by atoms with Crippen LogP contribution in [-0.4, -0.2) is 36.0 Å². The standard InChI is InChI=1S/C17H25N3O2/c1-3-10-20(11-4-2)17(22)19-15-7-5-6-13(12-15)16(21)18-14-8-9-14/h5-7,12,14H,3-4,8-11H2,1-2H3,(H,18,21)(H,19,22). The lowest BCUT2D eigenvalue weighted by Gasteiger charge is -2.22. The lowest BCUT2D eigenvalue weighted by molar-refractivity contribution is 0.0951. The van der Waals surface area contributed by atoms with Gasteiger partial charge < -0.3 is 15.5 Å². The highest BCUT2D eigenvalue weighted by Crippen LogP contribution is 2.20. The number of carbonyl (C=O) groups is 2. The first-order valence-electron chi connectivity index (χ1n) is 8.11. The van der Waals surface area contributed by atoms with Crippen LogP contribution in [0.1, 0.15) is 49.9 Å². The molecule has 22 heavy (non-hydrogen) atoms. The van der Waals surface area contributed by atoms with E-state index in [1.165, 1.54) is 0 Å². The summed E-state index contributed by atoms with van der Waals surface area (Å²) in [4.78, 5) is 26.1. The Morgan fingerprint density at radius 1 is 1.18 bits per heavy atom. The normalized spacial score (nSPS) is 13.5. The lowest BCUT2D eigenvalue weighted by Crippen LogP contribution is -2.36. The van der Waals surface area contributed by atoms with E-state index in [2.05, 4.69) is 24.5 Å². The number of carbonyl (C=O) groups excluding carboxylic acids is 2. The largest absolute Gasteiger partial charge is 0.349 e. The molecular formula is C17H25N3O2. The minimum Gasteiger partial charge on any atom is -0.349 e. The number of nitrogens with zero attached hydrogens (tertiary/aromatic N) is 1. The van der Waals surface area contributed by atoms with Crippen LogP contribution in [0.3, 0.4) is 0 Å². The number of hydrogen-bond donors (Lipinski definition) is 2. The Balaban J connectivity index is 1.98. The second kappa shape index (κ2) is 7.82. The van der Waals surface area contributed by atoms with Crippen molar-refractivity contribution in [1.82, 2.24) is 10.2 Å². The summed E-state index contributed by atoms with van der Waals surface area (Å²) >= 11 is 0. The predicted octanol–water partition coefficient (Wildman–Crippen LogP) is 3.23. The third-order valence-corrected chi connectivity index (χ3v) is 3.56. The maximum Gasteiger partial charge on any atom is 0.321 e. The van der Waals surface area contributed by atoms with Gasteiger partial charge in [0.2, 0.25) is 0 Å². The molecule has 0 heterocycles. The molecule has 0 atom stereocenters. The van der Waals surface area contributed by atoms with Gasteiger partial charge in [-0.2, -0.15) is 0 Å². The predicted molar refractivity (Wildman–Crippen MR) is 88.1 cm³/mol. The summed E-state index contributed by atoms with van der Waals surface area (Å²) in [7, 11) is 0. The zero-order valence-electron chi connectivity index (χ0n) is 13.4. The Labute approximate surface area is 132 Å². The number of urea groups is 1. The second-order valence-corrected chi connectivity index (χ2v) is 5.75. The minimum atomic E-state index is -0.108. The van der Waals surface area contributed by atoms with Gasteiger partial charge in [0.15, 0.2) is 0 Å². The molecule has 120 valence electrons. The maximum absolute atomic E-state index is 12.3. The van der Waals surface area contributed by atoms with Crippen LogP contribution in [-0.2, 0) is 0 Å². The van der Waals surface area contributed by atoms with Gasteiger partial charge in [0.1, 0.15) is 0 Å². The molecule has 0 aromatic heterocycles. The summed E-state index contributed by atoms with van der Waals surface area (Å²) in [6.45, 7) is 5.58. The van der Waals surface area contributed by atoms with Gasteiger partial charge in [-0.25, -0.2) is 4.79 Å². The van der Waals surface area contributed by atoms with E-state index in [1.54, 1.807) is 23.1 Å². The van der Waals surface area contributed by atoms with Crippen molar-refractivity contribution in [2.75, 3.05) is 18.4 Å². The van der Waals surface area contributed by atoms with Gasteiger partial charge in [0, 0.05) is 30.4 Å². The molecule has 0 radical (unpaired) electrons. The molecule has 2 rings (SSSR count). The second-order valence-electron chi connectivity index (χ2n) is 5.75. The van der Waals surface area contributed by atoms with E-state index in [0.717, 1.165) is 38.8 Å². The fraction of sp³-hybridized carbons (Fsp3) is 0.529. The first kappa shape index (κ1) is 16.3. The lowest BCUT2D eigenvalue weighted by atomic mass is 10.2. The number of benzene rings is 1. The topological polar surface area (TPSA) is 61.4 Å². The van der Waals surface area contributed by atoms with Crippen molar-refractivity contribution in [3.63, 3.8) is 0 Å². The van der Waals surface area contributed by atoms with E-state index in [0.29, 0.717) is 17.3 Å². The highest BCUT2D eigenvalue weighted by molar-refractivity contribution is 5.97. The molecule has 0 unspecified atom stereocenters. The number of amides is 3. The van der Waals surface area contributed by atoms with Gasteiger partial charge in [0.05, 0.1) is 0 Å². The van der Waals surface area contributed by atoms with Gasteiger partial charge in [-0.1, -0.05) is 19.9 Å². The summed E-state index contributed by atoms with van der Waals surface area (Å²) in [6, 6.07) is 7.32. The quantitative estimate of drug-likeness (QED) is 0.812. The smallest absolute Gasteiger partial charge is 0.321 e. The molecule has 1 aliphatic rings. The van der Waals surface area contributed by atoms with E-state index in [9.17, 15) is 9.59 Å². The van der Waals surface area contributed by atoms with Crippen molar-refractivity contribution in [3.05, 3.63) is 29.8 Å². The molecule has 1 saturated carbocycles. The SMILES string of the molecule is CCCN(CCC)C(=O)Nc1cccc(C(=O)NC2CC2)c1. The van der Waals surface area contributed by atoms with Crippen LogP contribution in [0.5, 0.6) is 0 Å². The molecule has 0 saturated heterocycles. The average Bonchev–Trinajstić information content (AvgIpc) is 3.31. The summed E-state index contributed by atoms with van der Waals surface area (Å²) in [5.74, 6) is -0.0717. The molecular weight excluding hydrogens is 278 g/mol. The average molecular weight is 303 g/mol. The summed E-state index contributed by atoms with van der Waals surface area (Å²) < 4.78 is 0. The van der Waals surface area contributed by atoms with Gasteiger partial charge >= 0.3 is 6.03 Å². The molecule has 2 N–H and O–H groups in total. The van der Waals surface area contributed by atoms with Crippen LogP contribution in [0, 0.1) is 0 Å². The fourth-order valence-electron chi connectivity index (χ4n) is 2.29. The zero-order valence-corrected chi connectivity index (χ0v) is 13.4. The Morgan fingerprint density at radius 3 is 2.45 bits per heavy atom. The number of hydrogen-bond acceptors (Lipinski definition) is 2. The molecule has 0 bridgehead atoms. The number of rotatable bonds is 7. The maximum atomic E-state index is 12.3. The Hall–Kier alpha value is -2.04. The molecule has 5 nitrogen and oxygen atoms in total. The summed E-state index contributed by atoms with van der Waals surface area (Å²) in [5, 5.41) is 5.83. The van der Waals surface area contributed by atoms with Crippen LogP contribution < -0.4 is 10.6 Å². The first-order valence-corrected chi connectivity index (χ1v) is 8.11. The van der Waals surface area contributed by atoms with Crippen LogP contribution in [0.4, 0.5) is 10.5 Å². The van der Waals surface area contributed by atoms with Gasteiger partial charge in [-0.05, 0) is 43.9 Å². The highest BCUT2D eigenvalue weighted by atomic mass is 16.2. The fourth-order valence-corrected chi connectivity index (χ4v) is 2.29. The van der Waals surface area contributed by atoms with Crippen LogP contribution in [0.25, 0.3) is 0 Å². The molecule has 1 aromatic carbocycles. The van der Waals surface area contributed by atoms with Gasteiger partial charge in [0.25, 0.3) is 5.91 Å². The van der Waals surface area contributed by atoms with Crippen molar-refractivity contribution in [2.45, 2.75) is 45.6 Å². The Morgan fingerprint density at radius 2 is 1.86 bits per heavy atom. The van der Waals surface area contributed by atoms with Crippen molar-refractivity contribution < 1.29 is 9.59 Å². The molecule has 3 amide bonds. The molecule has 5 heteroatoms. The van der Waals surface area contributed by atoms with Crippen molar-refractivity contribution in [1.29, 1.82) is 0 Å². The molecule has 1 aromatic rings. The van der Waals surface area contributed by atoms with Crippen LogP contribution in [0.15, 0.2) is 24.3 Å². The summed E-state index contributed by atoms with van der Waals surface area (Å²) in [5.41, 5.74) is 1.24. The minimum absolute atomic E-state index is 0.0717. The van der Waals surface area contributed by atoms with Crippen molar-refractivity contribution in [2.24, 2.45) is 0 Å². The molecule has 1 aliphatic carbocycles. The van der Waals surface area contributed by atoms with E-state index in [-0.39, 0.29) is 11.9 Å². The molecule has 0 aliphatic heterocycles. The van der Waals surface area contributed by atoms with Crippen LogP contribution >= 0.6 is 0 Å². The third kappa shape index (κ3) is 4.76. The summed E-state index contributed by atoms with van der Waals surface area (Å²) in [6.07, 6.45) is 3.98. The van der Waals surface area contributed by atoms with E-state index < -0.39 is 0 Å². The zero-order chi connectivity index (χ0) is 15.9. The van der Waals surface area contributed by atoms with Gasteiger partial charge in [-0.15, -0.1) is 0 Å². The molecule has 0 spiro atoms. The monoisotopic (exact) mass is 303 g/mol. The van der Waals surface area contributed by atoms with Crippen LogP contribution in [0.2, 0.25) is 0 Å². The van der Waals surface area contributed by atoms with E-state index >= 15 is 0 Å². The van der Waals surface area contributed by atoms with E-state index in [1.807, 2.05) is 6.07 Å². The first-order chi connectivity index (χ1) is 10.6. The Bertz CT molecular complexity index is 520. The number of anilines is 1. The van der Waals surface area contributed by atoms with Crippen molar-refractivity contribution in [3.8, 4) is 0 Å². The molecule has 1 fully saturated rings. The van der Waals surface area contributed by atoms with E-state index in [4.69, 9.17) is 0 Å². The number of nitrogens with one attached hydrogen (secondary N) is 2. The highest BCUT2D eigenvalue weighted by Gasteiger charge is 2.23. The Kier molecular flexibility index (Phi) is 5.81. The third-order valence-electron chi connectivity index (χ3n) is 3.56.